The maximum absolute atomic E-state index is 5.21. The summed E-state index contributed by atoms with van der Waals surface area (Å²) < 4.78 is 5.21. The van der Waals surface area contributed by atoms with E-state index in [4.69, 9.17) is 4.74 Å². The first-order valence-electron chi connectivity index (χ1n) is 3.24. The molecule has 1 N–H and O–H groups in total. The Labute approximate surface area is 62.4 Å². The molecule has 1 fully saturated rings. The van der Waals surface area contributed by atoms with Crippen LogP contribution >= 0.6 is 12.4 Å². The largest absolute Gasteiger partial charge is 0.379 e. The predicted octanol–water partition coefficient (Wildman–Crippen LogP) is 0.807. The number of ether oxygens (including phenoxy) is 1. The molecule has 3 heteroatoms. The van der Waals surface area contributed by atoms with Crippen molar-refractivity contribution in [3.63, 3.8) is 0 Å². The molecule has 56 valence electrons. The normalized spacial score (nSPS) is 27.0. The van der Waals surface area contributed by atoms with Gasteiger partial charge in [-0.15, -0.1) is 12.4 Å². The first-order chi connectivity index (χ1) is 3.93. The van der Waals surface area contributed by atoms with Crippen LogP contribution in [0.3, 0.4) is 0 Å². The monoisotopic (exact) mass is 151 g/mol. The van der Waals surface area contributed by atoms with Gasteiger partial charge in [-0.2, -0.15) is 0 Å². The van der Waals surface area contributed by atoms with E-state index in [1.165, 1.54) is 6.42 Å². The molecule has 9 heavy (non-hydrogen) atoms. The summed E-state index contributed by atoms with van der Waals surface area (Å²) in [6.07, 6.45) is 1.18. The van der Waals surface area contributed by atoms with E-state index in [0.717, 1.165) is 19.8 Å². The van der Waals surface area contributed by atoms with Gasteiger partial charge in [-0.05, 0) is 6.42 Å². The standard InChI is InChI=1S/C6H13NO.ClH/c1-2-6-5-8-4-3-7-6;/h6-7H,2-5H2,1H3;1H. The smallest absolute Gasteiger partial charge is 0.0620 e. The third-order valence-electron chi connectivity index (χ3n) is 1.49. The fraction of sp³-hybridized carbons (Fsp3) is 1.00. The Morgan fingerprint density at radius 1 is 1.67 bits per heavy atom. The Bertz CT molecular complexity index is 64.1. The van der Waals surface area contributed by atoms with Crippen molar-refractivity contribution in [3.05, 3.63) is 0 Å². The van der Waals surface area contributed by atoms with Crippen LogP contribution in [0.4, 0.5) is 0 Å². The first-order valence-corrected chi connectivity index (χ1v) is 3.24. The van der Waals surface area contributed by atoms with E-state index in [1.807, 2.05) is 0 Å². The second kappa shape index (κ2) is 5.03. The molecule has 1 unspecified atom stereocenters. The molecule has 0 spiro atoms. The molecule has 1 aliphatic heterocycles. The second-order valence-corrected chi connectivity index (χ2v) is 2.13. The molecule has 0 aromatic heterocycles. The maximum atomic E-state index is 5.21. The van der Waals surface area contributed by atoms with Crippen LogP contribution in [-0.4, -0.2) is 25.8 Å². The van der Waals surface area contributed by atoms with Crippen LogP contribution in [0.25, 0.3) is 0 Å². The third kappa shape index (κ3) is 3.04. The molecule has 0 aliphatic carbocycles. The number of nitrogens with one attached hydrogen (secondary N) is 1. The molecule has 0 radical (unpaired) electrons. The summed E-state index contributed by atoms with van der Waals surface area (Å²) in [5, 5.41) is 3.34. The highest BCUT2D eigenvalue weighted by atomic mass is 35.5. The van der Waals surface area contributed by atoms with Gasteiger partial charge in [-0.25, -0.2) is 0 Å². The second-order valence-electron chi connectivity index (χ2n) is 2.13. The van der Waals surface area contributed by atoms with Crippen molar-refractivity contribution in [3.8, 4) is 0 Å². The SMILES string of the molecule is CCC1COCCN1.Cl. The lowest BCUT2D eigenvalue weighted by Crippen LogP contribution is -2.40. The quantitative estimate of drug-likeness (QED) is 0.599. The van der Waals surface area contributed by atoms with E-state index in [0.29, 0.717) is 6.04 Å². The number of morpholine rings is 1. The molecular weight excluding hydrogens is 138 g/mol. The van der Waals surface area contributed by atoms with Crippen molar-refractivity contribution in [2.24, 2.45) is 0 Å². The summed E-state index contributed by atoms with van der Waals surface area (Å²) in [5.74, 6) is 0. The molecule has 1 atom stereocenters. The van der Waals surface area contributed by atoms with Gasteiger partial charge < -0.3 is 10.1 Å². The minimum absolute atomic E-state index is 0. The lowest BCUT2D eigenvalue weighted by molar-refractivity contribution is 0.0758. The van der Waals surface area contributed by atoms with Crippen LogP contribution in [0, 0.1) is 0 Å². The minimum Gasteiger partial charge on any atom is -0.379 e. The molecule has 1 aliphatic rings. The van der Waals surface area contributed by atoms with E-state index >= 15 is 0 Å². The number of hydrogen-bond acceptors (Lipinski definition) is 2. The number of halogens is 1. The van der Waals surface area contributed by atoms with Crippen molar-refractivity contribution in [1.29, 1.82) is 0 Å². The van der Waals surface area contributed by atoms with Gasteiger partial charge in [0, 0.05) is 12.6 Å². The van der Waals surface area contributed by atoms with E-state index in [1.54, 1.807) is 0 Å². The molecule has 0 bridgehead atoms. The first kappa shape index (κ1) is 9.21. The highest BCUT2D eigenvalue weighted by molar-refractivity contribution is 5.85. The zero-order valence-corrected chi connectivity index (χ0v) is 6.54. The molecule has 1 saturated heterocycles. The Morgan fingerprint density at radius 2 is 2.44 bits per heavy atom. The Morgan fingerprint density at radius 3 is 2.78 bits per heavy atom. The van der Waals surface area contributed by atoms with Crippen LogP contribution < -0.4 is 5.32 Å². The van der Waals surface area contributed by atoms with Crippen molar-refractivity contribution >= 4 is 12.4 Å². The zero-order chi connectivity index (χ0) is 5.82. The van der Waals surface area contributed by atoms with Gasteiger partial charge in [-0.1, -0.05) is 6.92 Å². The molecule has 0 saturated carbocycles. The lowest BCUT2D eigenvalue weighted by Gasteiger charge is -2.21. The average Bonchev–Trinajstić information content (AvgIpc) is 1.90. The molecule has 0 amide bonds. The minimum atomic E-state index is 0. The van der Waals surface area contributed by atoms with Crippen molar-refractivity contribution in [1.82, 2.24) is 5.32 Å². The fourth-order valence-electron chi connectivity index (χ4n) is 0.882. The van der Waals surface area contributed by atoms with Crippen LogP contribution in [0.5, 0.6) is 0 Å². The Hall–Kier alpha value is 0.210. The lowest BCUT2D eigenvalue weighted by atomic mass is 10.2. The third-order valence-corrected chi connectivity index (χ3v) is 1.49. The van der Waals surface area contributed by atoms with Gasteiger partial charge in [0.05, 0.1) is 13.2 Å². The molecule has 1 rings (SSSR count). The number of hydrogen-bond donors (Lipinski definition) is 1. The van der Waals surface area contributed by atoms with E-state index in [2.05, 4.69) is 12.2 Å². The van der Waals surface area contributed by atoms with Crippen LogP contribution in [-0.2, 0) is 4.74 Å². The molecule has 0 aromatic rings. The van der Waals surface area contributed by atoms with Crippen LogP contribution in [0.15, 0.2) is 0 Å². The van der Waals surface area contributed by atoms with Gasteiger partial charge >= 0.3 is 0 Å². The van der Waals surface area contributed by atoms with E-state index in [9.17, 15) is 0 Å². The molecular formula is C6H14ClNO. The molecule has 2 nitrogen and oxygen atoms in total. The van der Waals surface area contributed by atoms with Gasteiger partial charge in [0.25, 0.3) is 0 Å². The highest BCUT2D eigenvalue weighted by Gasteiger charge is 2.08. The molecule has 1 heterocycles. The summed E-state index contributed by atoms with van der Waals surface area (Å²) in [6.45, 7) is 4.98. The van der Waals surface area contributed by atoms with Crippen LogP contribution in [0.1, 0.15) is 13.3 Å². The summed E-state index contributed by atoms with van der Waals surface area (Å²) >= 11 is 0. The van der Waals surface area contributed by atoms with Gasteiger partial charge in [0.1, 0.15) is 0 Å². The maximum Gasteiger partial charge on any atom is 0.0620 e. The Kier molecular flexibility index (Phi) is 5.15. The Balaban J connectivity index is 0.000000640. The summed E-state index contributed by atoms with van der Waals surface area (Å²) in [7, 11) is 0. The molecule has 0 aromatic carbocycles. The number of rotatable bonds is 1. The van der Waals surface area contributed by atoms with Crippen molar-refractivity contribution in [2.75, 3.05) is 19.8 Å². The summed E-state index contributed by atoms with van der Waals surface area (Å²) in [5.41, 5.74) is 0. The van der Waals surface area contributed by atoms with Gasteiger partial charge in [0.2, 0.25) is 0 Å². The van der Waals surface area contributed by atoms with Gasteiger partial charge in [0.15, 0.2) is 0 Å². The summed E-state index contributed by atoms with van der Waals surface area (Å²) in [6, 6.07) is 0.615. The average molecular weight is 152 g/mol. The summed E-state index contributed by atoms with van der Waals surface area (Å²) in [4.78, 5) is 0. The van der Waals surface area contributed by atoms with Crippen LogP contribution in [0.2, 0.25) is 0 Å². The van der Waals surface area contributed by atoms with E-state index in [-0.39, 0.29) is 12.4 Å². The highest BCUT2D eigenvalue weighted by Crippen LogP contribution is 1.95. The van der Waals surface area contributed by atoms with Crippen molar-refractivity contribution in [2.45, 2.75) is 19.4 Å². The van der Waals surface area contributed by atoms with E-state index < -0.39 is 0 Å². The zero-order valence-electron chi connectivity index (χ0n) is 5.72. The predicted molar refractivity (Wildman–Crippen MR) is 40.1 cm³/mol. The van der Waals surface area contributed by atoms with Gasteiger partial charge in [-0.3, -0.25) is 0 Å². The van der Waals surface area contributed by atoms with Crippen molar-refractivity contribution < 1.29 is 4.74 Å². The topological polar surface area (TPSA) is 21.3 Å². The fourth-order valence-corrected chi connectivity index (χ4v) is 0.882.